The number of fused-ring (bicyclic) bond motifs is 1. The molecular weight excluding hydrogens is 326 g/mol. The summed E-state index contributed by atoms with van der Waals surface area (Å²) in [5, 5.41) is 10.7. The Morgan fingerprint density at radius 2 is 1.96 bits per heavy atom. The van der Waals surface area contributed by atoms with E-state index >= 15 is 0 Å². The van der Waals surface area contributed by atoms with Crippen LogP contribution in [0.4, 0.5) is 0 Å². The van der Waals surface area contributed by atoms with E-state index in [1.807, 2.05) is 18.2 Å². The van der Waals surface area contributed by atoms with Gasteiger partial charge in [0.1, 0.15) is 11.3 Å². The number of phenols is 1. The van der Waals surface area contributed by atoms with Crippen LogP contribution in [0.15, 0.2) is 47.5 Å². The molecule has 0 atom stereocenters. The van der Waals surface area contributed by atoms with Crippen molar-refractivity contribution in [3.63, 3.8) is 0 Å². The Kier molecular flexibility index (Phi) is 4.71. The number of hydrogen-bond donors (Lipinski definition) is 2. The first kappa shape index (κ1) is 16.8. The summed E-state index contributed by atoms with van der Waals surface area (Å²) in [5.74, 6) is 0.0375. The minimum absolute atomic E-state index is 0.0375. The van der Waals surface area contributed by atoms with Gasteiger partial charge in [0.2, 0.25) is 0 Å². The van der Waals surface area contributed by atoms with Crippen LogP contribution in [0.25, 0.3) is 22.0 Å². The first-order chi connectivity index (χ1) is 12.7. The lowest BCUT2D eigenvalue weighted by Gasteiger charge is -2.15. The molecule has 5 heteroatoms. The summed E-state index contributed by atoms with van der Waals surface area (Å²) in [6.45, 7) is 3.56. The molecule has 4 rings (SSSR count). The van der Waals surface area contributed by atoms with Crippen molar-refractivity contribution >= 4 is 10.9 Å². The third-order valence-electron chi connectivity index (χ3n) is 5.17. The predicted molar refractivity (Wildman–Crippen MR) is 103 cm³/mol. The predicted octanol–water partition coefficient (Wildman–Crippen LogP) is 3.32. The number of aromatic amines is 1. The van der Waals surface area contributed by atoms with E-state index in [2.05, 4.69) is 27.0 Å². The zero-order chi connectivity index (χ0) is 17.9. The molecule has 0 bridgehead atoms. The summed E-state index contributed by atoms with van der Waals surface area (Å²) >= 11 is 0. The summed E-state index contributed by atoms with van der Waals surface area (Å²) < 4.78 is 0. The van der Waals surface area contributed by atoms with Gasteiger partial charge in [-0.25, -0.2) is 4.98 Å². The number of nitrogens with one attached hydrogen (secondary N) is 1. The number of likely N-dealkylation sites (tertiary alicyclic amines) is 1. The highest BCUT2D eigenvalue weighted by Crippen LogP contribution is 2.31. The number of aromatic nitrogens is 2. The molecule has 0 spiro atoms. The second kappa shape index (κ2) is 7.30. The van der Waals surface area contributed by atoms with E-state index in [9.17, 15) is 9.90 Å². The van der Waals surface area contributed by atoms with Gasteiger partial charge in [-0.2, -0.15) is 0 Å². The largest absolute Gasteiger partial charge is 0.506 e. The summed E-state index contributed by atoms with van der Waals surface area (Å²) in [7, 11) is 0. The molecule has 0 unspecified atom stereocenters. The van der Waals surface area contributed by atoms with E-state index in [1.165, 1.54) is 37.8 Å². The molecule has 0 aliphatic carbocycles. The minimum atomic E-state index is -0.237. The molecule has 0 amide bonds. The Morgan fingerprint density at radius 1 is 1.15 bits per heavy atom. The average molecular weight is 349 g/mol. The smallest absolute Gasteiger partial charge is 0.258 e. The molecule has 1 aromatic heterocycles. The Bertz CT molecular complexity index is 974. The molecule has 1 fully saturated rings. The van der Waals surface area contributed by atoms with Gasteiger partial charge in [0.25, 0.3) is 5.56 Å². The minimum Gasteiger partial charge on any atom is -0.506 e. The second-order valence-corrected chi connectivity index (χ2v) is 6.93. The van der Waals surface area contributed by atoms with Gasteiger partial charge in [0, 0.05) is 0 Å². The van der Waals surface area contributed by atoms with Crippen LogP contribution in [0, 0.1) is 0 Å². The van der Waals surface area contributed by atoms with Crippen LogP contribution in [0.1, 0.15) is 24.8 Å². The number of aryl methyl sites for hydroxylation is 1. The number of aromatic hydroxyl groups is 1. The van der Waals surface area contributed by atoms with Gasteiger partial charge in [0.15, 0.2) is 0 Å². The van der Waals surface area contributed by atoms with E-state index in [0.717, 1.165) is 30.5 Å². The highest BCUT2D eigenvalue weighted by molar-refractivity contribution is 5.89. The van der Waals surface area contributed by atoms with Crippen LogP contribution in [-0.2, 0) is 6.42 Å². The Labute approximate surface area is 152 Å². The number of benzene rings is 2. The van der Waals surface area contributed by atoms with Crippen LogP contribution >= 0.6 is 0 Å². The number of rotatable bonds is 5. The average Bonchev–Trinajstić information content (AvgIpc) is 3.16. The van der Waals surface area contributed by atoms with Crippen LogP contribution in [0.5, 0.6) is 5.75 Å². The quantitative estimate of drug-likeness (QED) is 0.741. The number of hydrogen-bond acceptors (Lipinski definition) is 4. The molecule has 3 aromatic rings. The van der Waals surface area contributed by atoms with Crippen molar-refractivity contribution in [3.05, 3.63) is 58.6 Å². The molecule has 1 saturated heterocycles. The number of H-pyrrole nitrogens is 1. The van der Waals surface area contributed by atoms with Crippen molar-refractivity contribution in [2.24, 2.45) is 0 Å². The lowest BCUT2D eigenvalue weighted by Crippen LogP contribution is -2.20. The van der Waals surface area contributed by atoms with Crippen molar-refractivity contribution in [1.29, 1.82) is 0 Å². The molecule has 26 heavy (non-hydrogen) atoms. The maximum Gasteiger partial charge on any atom is 0.258 e. The van der Waals surface area contributed by atoms with E-state index in [-0.39, 0.29) is 11.3 Å². The molecule has 0 radical (unpaired) electrons. The molecule has 2 N–H and O–H groups in total. The van der Waals surface area contributed by atoms with Crippen molar-refractivity contribution in [3.8, 4) is 16.9 Å². The van der Waals surface area contributed by atoms with Gasteiger partial charge in [-0.05, 0) is 74.1 Å². The van der Waals surface area contributed by atoms with Crippen molar-refractivity contribution < 1.29 is 5.11 Å². The van der Waals surface area contributed by atoms with Gasteiger partial charge in [-0.1, -0.05) is 24.3 Å². The van der Waals surface area contributed by atoms with Gasteiger partial charge in [-0.15, -0.1) is 0 Å². The molecule has 1 aliphatic rings. The zero-order valence-electron chi connectivity index (χ0n) is 14.7. The van der Waals surface area contributed by atoms with E-state index in [0.29, 0.717) is 10.9 Å². The van der Waals surface area contributed by atoms with Crippen molar-refractivity contribution in [2.45, 2.75) is 25.7 Å². The maximum atomic E-state index is 12.1. The van der Waals surface area contributed by atoms with Gasteiger partial charge in [-0.3, -0.25) is 4.79 Å². The first-order valence-electron chi connectivity index (χ1n) is 9.23. The standard InChI is InChI=1S/C21H23N3O2/c25-19-13-16(12-18-20(19)22-14-23-21(18)26)17-8-2-1-6-15(17)7-5-11-24-9-3-4-10-24/h1-2,6,8,12-14,25H,3-5,7,9-11H2,(H,22,23,26). The van der Waals surface area contributed by atoms with E-state index < -0.39 is 0 Å². The number of nitrogens with zero attached hydrogens (tertiary/aromatic N) is 2. The van der Waals surface area contributed by atoms with Crippen LogP contribution in [0.2, 0.25) is 0 Å². The Morgan fingerprint density at radius 3 is 2.81 bits per heavy atom. The molecule has 0 saturated carbocycles. The van der Waals surface area contributed by atoms with Crippen LogP contribution in [0.3, 0.4) is 0 Å². The zero-order valence-corrected chi connectivity index (χ0v) is 14.7. The summed E-state index contributed by atoms with van der Waals surface area (Å²) in [4.78, 5) is 21.3. The number of phenolic OH excluding ortho intramolecular Hbond substituents is 1. The fraction of sp³-hybridized carbons (Fsp3) is 0.333. The second-order valence-electron chi connectivity index (χ2n) is 6.93. The molecule has 2 aromatic carbocycles. The van der Waals surface area contributed by atoms with Gasteiger partial charge >= 0.3 is 0 Å². The van der Waals surface area contributed by atoms with Crippen molar-refractivity contribution in [1.82, 2.24) is 14.9 Å². The summed E-state index contributed by atoms with van der Waals surface area (Å²) in [6, 6.07) is 11.7. The normalized spacial score (nSPS) is 14.9. The molecule has 5 nitrogen and oxygen atoms in total. The lowest BCUT2D eigenvalue weighted by atomic mass is 9.95. The first-order valence-corrected chi connectivity index (χ1v) is 9.23. The topological polar surface area (TPSA) is 69.2 Å². The molecule has 134 valence electrons. The Balaban J connectivity index is 1.64. The molecular formula is C21H23N3O2. The van der Waals surface area contributed by atoms with Crippen molar-refractivity contribution in [2.75, 3.05) is 19.6 Å². The van der Waals surface area contributed by atoms with Crippen LogP contribution in [-0.4, -0.2) is 39.6 Å². The monoisotopic (exact) mass is 349 g/mol. The SMILES string of the molecule is O=c1[nH]cnc2c(O)cc(-c3ccccc3CCCN3CCCC3)cc12. The summed E-state index contributed by atoms with van der Waals surface area (Å²) in [5.41, 5.74) is 3.26. The Hall–Kier alpha value is -2.66. The summed E-state index contributed by atoms with van der Waals surface area (Å²) in [6.07, 6.45) is 6.04. The van der Waals surface area contributed by atoms with E-state index in [4.69, 9.17) is 0 Å². The fourth-order valence-corrected chi connectivity index (χ4v) is 3.84. The third kappa shape index (κ3) is 3.35. The highest BCUT2D eigenvalue weighted by atomic mass is 16.3. The van der Waals surface area contributed by atoms with E-state index in [1.54, 1.807) is 6.07 Å². The van der Waals surface area contributed by atoms with Gasteiger partial charge < -0.3 is 15.0 Å². The maximum absolute atomic E-state index is 12.1. The van der Waals surface area contributed by atoms with Gasteiger partial charge in [0.05, 0.1) is 11.7 Å². The molecule has 2 heterocycles. The lowest BCUT2D eigenvalue weighted by molar-refractivity contribution is 0.334. The fourth-order valence-electron chi connectivity index (χ4n) is 3.84. The van der Waals surface area contributed by atoms with Crippen LogP contribution < -0.4 is 5.56 Å². The third-order valence-corrected chi connectivity index (χ3v) is 5.17. The molecule has 1 aliphatic heterocycles. The highest BCUT2D eigenvalue weighted by Gasteiger charge is 2.13.